The van der Waals surface area contributed by atoms with Crippen LogP contribution in [0.2, 0.25) is 0 Å². The monoisotopic (exact) mass is 345 g/mol. The molecule has 7 nitrogen and oxygen atoms in total. The molecular formula is C18H23N3O4. The van der Waals surface area contributed by atoms with E-state index in [4.69, 9.17) is 9.15 Å². The van der Waals surface area contributed by atoms with Crippen LogP contribution >= 0.6 is 0 Å². The zero-order chi connectivity index (χ0) is 17.2. The third-order valence-electron chi connectivity index (χ3n) is 5.17. The number of hydrogen-bond acceptors (Lipinski definition) is 5. The van der Waals surface area contributed by atoms with Gasteiger partial charge in [0, 0.05) is 38.8 Å². The predicted molar refractivity (Wildman–Crippen MR) is 92.5 cm³/mol. The van der Waals surface area contributed by atoms with Crippen LogP contribution in [0.15, 0.2) is 33.5 Å². The lowest BCUT2D eigenvalue weighted by atomic mass is 10.2. The molecule has 0 bridgehead atoms. The molecule has 0 spiro atoms. The van der Waals surface area contributed by atoms with Crippen molar-refractivity contribution in [1.29, 1.82) is 0 Å². The highest BCUT2D eigenvalue weighted by Gasteiger charge is 2.27. The van der Waals surface area contributed by atoms with Crippen LogP contribution in [0.4, 0.5) is 0 Å². The van der Waals surface area contributed by atoms with E-state index in [1.807, 2.05) is 17.0 Å². The van der Waals surface area contributed by atoms with Gasteiger partial charge in [-0.25, -0.2) is 4.79 Å². The molecule has 0 N–H and O–H groups in total. The number of carbonyl (C=O) groups excluding carboxylic acids is 1. The van der Waals surface area contributed by atoms with Crippen LogP contribution in [0.5, 0.6) is 0 Å². The average Bonchev–Trinajstić information content (AvgIpc) is 3.17. The van der Waals surface area contributed by atoms with Gasteiger partial charge in [0.2, 0.25) is 5.91 Å². The molecular weight excluding hydrogens is 322 g/mol. The Morgan fingerprint density at radius 2 is 2.04 bits per heavy atom. The second kappa shape index (κ2) is 7.01. The van der Waals surface area contributed by atoms with Crippen molar-refractivity contribution >= 4 is 17.0 Å². The summed E-state index contributed by atoms with van der Waals surface area (Å²) in [5, 5.41) is 0. The van der Waals surface area contributed by atoms with Crippen molar-refractivity contribution < 1.29 is 13.9 Å². The van der Waals surface area contributed by atoms with Crippen LogP contribution in [-0.4, -0.2) is 65.7 Å². The van der Waals surface area contributed by atoms with E-state index >= 15 is 0 Å². The largest absolute Gasteiger partial charge is 0.420 e. The van der Waals surface area contributed by atoms with Crippen LogP contribution in [0, 0.1) is 0 Å². The molecule has 0 saturated carbocycles. The number of ether oxygens (including phenoxy) is 1. The highest BCUT2D eigenvalue weighted by atomic mass is 16.5. The number of aromatic nitrogens is 1. The number of carbonyl (C=O) groups is 1. The maximum atomic E-state index is 12.7. The predicted octanol–water partition coefficient (Wildman–Crippen LogP) is 0.918. The number of fused-ring (bicyclic) bond motifs is 1. The van der Waals surface area contributed by atoms with Gasteiger partial charge in [-0.2, -0.15) is 0 Å². The number of benzene rings is 1. The molecule has 1 aromatic heterocycles. The van der Waals surface area contributed by atoms with Gasteiger partial charge in [-0.15, -0.1) is 0 Å². The van der Waals surface area contributed by atoms with Gasteiger partial charge in [0.05, 0.1) is 12.1 Å². The number of amides is 1. The molecule has 4 rings (SSSR count). The molecule has 134 valence electrons. The Kier molecular flexibility index (Phi) is 4.59. The lowest BCUT2D eigenvalue weighted by Gasteiger charge is -2.26. The summed E-state index contributed by atoms with van der Waals surface area (Å²) < 4.78 is 12.1. The summed E-state index contributed by atoms with van der Waals surface area (Å²) >= 11 is 0. The first-order chi connectivity index (χ1) is 12.2. The standard InChI is InChI=1S/C18H23N3O4/c22-17(12-21-15-4-1-2-5-16(15)25-18(21)23)20-8-3-7-19(9-10-20)14-6-11-24-13-14/h1-2,4-5,14H,3,6-13H2. The minimum absolute atomic E-state index is 0.0295. The fourth-order valence-corrected chi connectivity index (χ4v) is 3.76. The van der Waals surface area contributed by atoms with Gasteiger partial charge in [-0.1, -0.05) is 12.1 Å². The summed E-state index contributed by atoms with van der Waals surface area (Å²) in [5.74, 6) is -0.507. The smallest absolute Gasteiger partial charge is 0.408 e. The zero-order valence-electron chi connectivity index (χ0n) is 14.2. The third kappa shape index (κ3) is 3.34. The van der Waals surface area contributed by atoms with Crippen molar-refractivity contribution in [3.8, 4) is 0 Å². The van der Waals surface area contributed by atoms with Gasteiger partial charge in [-0.3, -0.25) is 14.3 Å². The summed E-state index contributed by atoms with van der Waals surface area (Å²) in [4.78, 5) is 29.1. The fraction of sp³-hybridized carbons (Fsp3) is 0.556. The minimum atomic E-state index is -0.478. The molecule has 1 aromatic carbocycles. The third-order valence-corrected chi connectivity index (χ3v) is 5.17. The number of rotatable bonds is 3. The van der Waals surface area contributed by atoms with Gasteiger partial charge in [0.1, 0.15) is 6.54 Å². The van der Waals surface area contributed by atoms with E-state index in [1.54, 1.807) is 12.1 Å². The van der Waals surface area contributed by atoms with Gasteiger partial charge >= 0.3 is 5.76 Å². The topological polar surface area (TPSA) is 67.9 Å². The lowest BCUT2D eigenvalue weighted by Crippen LogP contribution is -2.41. The van der Waals surface area contributed by atoms with Crippen LogP contribution < -0.4 is 5.76 Å². The van der Waals surface area contributed by atoms with Crippen LogP contribution in [0.3, 0.4) is 0 Å². The van der Waals surface area contributed by atoms with Crippen molar-refractivity contribution in [2.24, 2.45) is 0 Å². The number of nitrogens with zero attached hydrogens (tertiary/aromatic N) is 3. The molecule has 2 aliphatic rings. The molecule has 2 aliphatic heterocycles. The number of oxazole rings is 1. The molecule has 1 atom stereocenters. The maximum absolute atomic E-state index is 12.7. The van der Waals surface area contributed by atoms with Gasteiger partial charge in [0.15, 0.2) is 5.58 Å². The maximum Gasteiger partial charge on any atom is 0.420 e. The van der Waals surface area contributed by atoms with Crippen LogP contribution in [0.25, 0.3) is 11.1 Å². The second-order valence-corrected chi connectivity index (χ2v) is 6.71. The first kappa shape index (κ1) is 16.4. The van der Waals surface area contributed by atoms with E-state index in [2.05, 4.69) is 4.90 Å². The first-order valence-electron chi connectivity index (χ1n) is 8.90. The summed E-state index contributed by atoms with van der Waals surface area (Å²) in [7, 11) is 0. The molecule has 2 fully saturated rings. The van der Waals surface area contributed by atoms with Crippen molar-refractivity contribution in [1.82, 2.24) is 14.4 Å². The Morgan fingerprint density at radius 3 is 2.88 bits per heavy atom. The molecule has 3 heterocycles. The summed E-state index contributed by atoms with van der Waals surface area (Å²) in [6, 6.07) is 7.68. The van der Waals surface area contributed by atoms with Crippen LogP contribution in [-0.2, 0) is 16.1 Å². The normalized spacial score (nSPS) is 22.4. The highest BCUT2D eigenvalue weighted by molar-refractivity contribution is 5.79. The van der Waals surface area contributed by atoms with E-state index in [9.17, 15) is 9.59 Å². The Hall–Kier alpha value is -2.12. The summed E-state index contributed by atoms with van der Waals surface area (Å²) in [6.07, 6.45) is 2.02. The van der Waals surface area contributed by atoms with Crippen molar-refractivity contribution in [2.45, 2.75) is 25.4 Å². The van der Waals surface area contributed by atoms with Crippen molar-refractivity contribution in [3.05, 3.63) is 34.8 Å². The van der Waals surface area contributed by atoms with Crippen molar-refractivity contribution in [3.63, 3.8) is 0 Å². The Labute approximate surface area is 145 Å². The van der Waals surface area contributed by atoms with Gasteiger partial charge in [-0.05, 0) is 25.0 Å². The van der Waals surface area contributed by atoms with Crippen LogP contribution in [0.1, 0.15) is 12.8 Å². The molecule has 25 heavy (non-hydrogen) atoms. The molecule has 1 unspecified atom stereocenters. The van der Waals surface area contributed by atoms with E-state index in [-0.39, 0.29) is 12.5 Å². The number of hydrogen-bond donors (Lipinski definition) is 0. The highest BCUT2D eigenvalue weighted by Crippen LogP contribution is 2.16. The molecule has 7 heteroatoms. The Morgan fingerprint density at radius 1 is 1.16 bits per heavy atom. The first-order valence-corrected chi connectivity index (χ1v) is 8.90. The quantitative estimate of drug-likeness (QED) is 0.827. The Bertz CT molecular complexity index is 806. The van der Waals surface area contributed by atoms with E-state index < -0.39 is 5.76 Å². The summed E-state index contributed by atoms with van der Waals surface area (Å²) in [5.41, 5.74) is 1.18. The van der Waals surface area contributed by atoms with E-state index in [0.717, 1.165) is 45.7 Å². The fourth-order valence-electron chi connectivity index (χ4n) is 3.76. The lowest BCUT2D eigenvalue weighted by molar-refractivity contribution is -0.131. The second-order valence-electron chi connectivity index (χ2n) is 6.71. The zero-order valence-corrected chi connectivity index (χ0v) is 14.2. The van der Waals surface area contributed by atoms with Gasteiger partial charge < -0.3 is 14.1 Å². The Balaban J connectivity index is 1.44. The molecule has 0 aliphatic carbocycles. The van der Waals surface area contributed by atoms with E-state index in [1.165, 1.54) is 4.57 Å². The molecule has 1 amide bonds. The average molecular weight is 345 g/mol. The molecule has 0 radical (unpaired) electrons. The SMILES string of the molecule is O=C(Cn1c(=O)oc2ccccc21)N1CCCN(C2CCOC2)CC1. The molecule has 2 aromatic rings. The van der Waals surface area contributed by atoms with Gasteiger partial charge in [0.25, 0.3) is 0 Å². The molecule has 2 saturated heterocycles. The van der Waals surface area contributed by atoms with E-state index in [0.29, 0.717) is 23.7 Å². The number of para-hydroxylation sites is 2. The van der Waals surface area contributed by atoms with Crippen molar-refractivity contribution in [2.75, 3.05) is 39.4 Å². The summed E-state index contributed by atoms with van der Waals surface area (Å²) in [6.45, 7) is 4.94. The minimum Gasteiger partial charge on any atom is -0.408 e.